The maximum Gasteiger partial charge on any atom is 0.252 e. The molecule has 1 aromatic rings. The van der Waals surface area contributed by atoms with Crippen LogP contribution in [0.15, 0.2) is 12.3 Å². The number of hydrogen-bond donors (Lipinski definition) is 1. The van der Waals surface area contributed by atoms with Crippen LogP contribution in [-0.4, -0.2) is 36.3 Å². The van der Waals surface area contributed by atoms with Gasteiger partial charge in [-0.15, -0.1) is 0 Å². The first kappa shape index (κ1) is 12.4. The summed E-state index contributed by atoms with van der Waals surface area (Å²) < 4.78 is 10.5. The highest BCUT2D eigenvalue weighted by Gasteiger charge is 2.69. The van der Waals surface area contributed by atoms with E-state index < -0.39 is 0 Å². The van der Waals surface area contributed by atoms with Crippen LogP contribution in [0.5, 0.6) is 5.88 Å². The van der Waals surface area contributed by atoms with E-state index in [0.717, 1.165) is 24.8 Å². The number of methoxy groups -OCH3 is 2. The Kier molecular flexibility index (Phi) is 2.57. The van der Waals surface area contributed by atoms with Crippen LogP contribution in [-0.2, 0) is 4.74 Å². The summed E-state index contributed by atoms with van der Waals surface area (Å²) in [7, 11) is 3.28. The van der Waals surface area contributed by atoms with Gasteiger partial charge in [0.2, 0.25) is 5.88 Å². The van der Waals surface area contributed by atoms with Crippen molar-refractivity contribution in [1.29, 1.82) is 0 Å². The van der Waals surface area contributed by atoms with Crippen LogP contribution in [0, 0.1) is 6.92 Å². The van der Waals surface area contributed by atoms with Gasteiger partial charge < -0.3 is 14.8 Å². The number of nitrogens with one attached hydrogen (secondary N) is 1. The van der Waals surface area contributed by atoms with Crippen molar-refractivity contribution >= 4 is 5.91 Å². The molecular formula is C14H18N2O3. The minimum Gasteiger partial charge on any atom is -0.481 e. The molecule has 0 unspecified atom stereocenters. The minimum absolute atomic E-state index is 0.0399. The predicted octanol–water partition coefficient (Wildman–Crippen LogP) is 1.45. The molecular weight excluding hydrogens is 244 g/mol. The van der Waals surface area contributed by atoms with Crippen LogP contribution in [0.25, 0.3) is 0 Å². The summed E-state index contributed by atoms with van der Waals surface area (Å²) >= 11 is 0. The lowest BCUT2D eigenvalue weighted by atomic mass is 9.46. The number of pyridine rings is 1. The molecule has 102 valence electrons. The minimum atomic E-state index is -0.0531. The molecule has 0 atom stereocenters. The normalized spacial score (nSPS) is 31.1. The highest BCUT2D eigenvalue weighted by molar-refractivity contribution is 5.96. The van der Waals surface area contributed by atoms with E-state index in [4.69, 9.17) is 9.47 Å². The van der Waals surface area contributed by atoms with Gasteiger partial charge in [0.05, 0.1) is 12.7 Å². The first-order valence-electron chi connectivity index (χ1n) is 6.40. The first-order chi connectivity index (χ1) is 9.01. The first-order valence-corrected chi connectivity index (χ1v) is 6.40. The molecule has 19 heavy (non-hydrogen) atoms. The monoisotopic (exact) mass is 262 g/mol. The fourth-order valence-electron chi connectivity index (χ4n) is 3.21. The second-order valence-corrected chi connectivity index (χ2v) is 5.69. The van der Waals surface area contributed by atoms with Gasteiger partial charge in [0.15, 0.2) is 0 Å². The largest absolute Gasteiger partial charge is 0.481 e. The van der Waals surface area contributed by atoms with Crippen molar-refractivity contribution in [1.82, 2.24) is 10.3 Å². The predicted molar refractivity (Wildman–Crippen MR) is 69.3 cm³/mol. The molecule has 5 nitrogen and oxygen atoms in total. The van der Waals surface area contributed by atoms with Crippen LogP contribution in [0.3, 0.4) is 0 Å². The van der Waals surface area contributed by atoms with Gasteiger partial charge in [-0.05, 0) is 31.7 Å². The van der Waals surface area contributed by atoms with Gasteiger partial charge >= 0.3 is 0 Å². The molecule has 1 amide bonds. The fraction of sp³-hybridized carbons (Fsp3) is 0.571. The van der Waals surface area contributed by atoms with E-state index >= 15 is 0 Å². The Morgan fingerprint density at radius 3 is 2.63 bits per heavy atom. The SMILES string of the molecule is COc1cc(C(=O)NC23CC(OC)(C2)C3)c(C)cn1. The molecule has 2 bridgehead atoms. The third-order valence-corrected chi connectivity index (χ3v) is 4.33. The topological polar surface area (TPSA) is 60.5 Å². The van der Waals surface area contributed by atoms with Crippen LogP contribution < -0.4 is 10.1 Å². The molecule has 4 rings (SSSR count). The molecule has 3 saturated carbocycles. The number of nitrogens with zero attached hydrogens (tertiary/aromatic N) is 1. The Morgan fingerprint density at radius 2 is 2.05 bits per heavy atom. The average Bonchev–Trinajstić information content (AvgIpc) is 2.32. The molecule has 0 aromatic carbocycles. The number of amides is 1. The Bertz CT molecular complexity index is 522. The lowest BCUT2D eigenvalue weighted by Crippen LogP contribution is -2.79. The maximum absolute atomic E-state index is 12.3. The Hall–Kier alpha value is -1.62. The summed E-state index contributed by atoms with van der Waals surface area (Å²) in [4.78, 5) is 16.4. The molecule has 0 aliphatic heterocycles. The zero-order valence-electron chi connectivity index (χ0n) is 11.4. The molecule has 1 heterocycles. The van der Waals surface area contributed by atoms with Gasteiger partial charge in [0.1, 0.15) is 0 Å². The van der Waals surface area contributed by atoms with E-state index in [1.165, 1.54) is 0 Å². The summed E-state index contributed by atoms with van der Waals surface area (Å²) in [5, 5.41) is 3.12. The van der Waals surface area contributed by atoms with E-state index in [-0.39, 0.29) is 17.0 Å². The highest BCUT2D eigenvalue weighted by atomic mass is 16.5. The molecule has 0 radical (unpaired) electrons. The zero-order valence-corrected chi connectivity index (χ0v) is 11.4. The zero-order chi connectivity index (χ0) is 13.7. The molecule has 5 heteroatoms. The Balaban J connectivity index is 1.72. The second kappa shape index (κ2) is 3.93. The summed E-state index contributed by atoms with van der Waals surface area (Å²) in [6.45, 7) is 1.88. The maximum atomic E-state index is 12.3. The van der Waals surface area contributed by atoms with Crippen molar-refractivity contribution < 1.29 is 14.3 Å². The van der Waals surface area contributed by atoms with Gasteiger partial charge in [0.25, 0.3) is 5.91 Å². The van der Waals surface area contributed by atoms with E-state index in [9.17, 15) is 4.79 Å². The molecule has 1 aromatic heterocycles. The van der Waals surface area contributed by atoms with Crippen molar-refractivity contribution in [2.45, 2.75) is 37.3 Å². The summed E-state index contributed by atoms with van der Waals surface area (Å²) in [5.74, 6) is 0.407. The van der Waals surface area contributed by atoms with Crippen molar-refractivity contribution in [2.75, 3.05) is 14.2 Å². The van der Waals surface area contributed by atoms with Crippen molar-refractivity contribution in [3.05, 3.63) is 23.4 Å². The number of ether oxygens (including phenoxy) is 2. The highest BCUT2D eigenvalue weighted by Crippen LogP contribution is 2.62. The average molecular weight is 262 g/mol. The quantitative estimate of drug-likeness (QED) is 0.892. The summed E-state index contributed by atoms with van der Waals surface area (Å²) in [6, 6.07) is 1.68. The van der Waals surface area contributed by atoms with E-state index in [1.807, 2.05) is 6.92 Å². The molecule has 3 aliphatic rings. The van der Waals surface area contributed by atoms with Crippen molar-refractivity contribution in [3.8, 4) is 5.88 Å². The molecule has 3 fully saturated rings. The van der Waals surface area contributed by atoms with Gasteiger partial charge in [-0.1, -0.05) is 0 Å². The second-order valence-electron chi connectivity index (χ2n) is 5.69. The number of aromatic nitrogens is 1. The third-order valence-electron chi connectivity index (χ3n) is 4.33. The number of carbonyl (C=O) groups is 1. The van der Waals surface area contributed by atoms with Crippen LogP contribution in [0.4, 0.5) is 0 Å². The number of rotatable bonds is 4. The molecule has 3 aliphatic carbocycles. The molecule has 1 N–H and O–H groups in total. The Labute approximate surface area is 112 Å². The van der Waals surface area contributed by atoms with Gasteiger partial charge in [-0.3, -0.25) is 4.79 Å². The summed E-state index contributed by atoms with van der Waals surface area (Å²) in [6.07, 6.45) is 4.42. The lowest BCUT2D eigenvalue weighted by Gasteiger charge is -2.69. The van der Waals surface area contributed by atoms with Crippen LogP contribution >= 0.6 is 0 Å². The Morgan fingerprint density at radius 1 is 1.37 bits per heavy atom. The lowest BCUT2D eigenvalue weighted by molar-refractivity contribution is -0.233. The standard InChI is InChI=1S/C14H18N2O3/c1-9-5-15-11(18-2)4-10(9)12(17)16-13-6-14(7-13,8-13)19-3/h4-5H,6-8H2,1-3H3,(H,16,17). The van der Waals surface area contributed by atoms with E-state index in [1.54, 1.807) is 26.5 Å². The van der Waals surface area contributed by atoms with Gasteiger partial charge in [0, 0.05) is 30.5 Å². The molecule has 0 spiro atoms. The number of carbonyl (C=O) groups excluding carboxylic acids is 1. The number of aryl methyl sites for hydroxylation is 1. The number of hydrogen-bond acceptors (Lipinski definition) is 4. The van der Waals surface area contributed by atoms with Crippen LogP contribution in [0.2, 0.25) is 0 Å². The van der Waals surface area contributed by atoms with Crippen molar-refractivity contribution in [2.24, 2.45) is 0 Å². The van der Waals surface area contributed by atoms with Gasteiger partial charge in [-0.2, -0.15) is 0 Å². The summed E-state index contributed by atoms with van der Waals surface area (Å²) in [5.41, 5.74) is 1.48. The smallest absolute Gasteiger partial charge is 0.252 e. The molecule has 0 saturated heterocycles. The van der Waals surface area contributed by atoms with E-state index in [2.05, 4.69) is 10.3 Å². The van der Waals surface area contributed by atoms with E-state index in [0.29, 0.717) is 11.4 Å². The van der Waals surface area contributed by atoms with Gasteiger partial charge in [-0.25, -0.2) is 4.98 Å². The van der Waals surface area contributed by atoms with Crippen LogP contribution in [0.1, 0.15) is 35.2 Å². The third kappa shape index (κ3) is 1.80. The fourth-order valence-corrected chi connectivity index (χ4v) is 3.21. The van der Waals surface area contributed by atoms with Crippen molar-refractivity contribution in [3.63, 3.8) is 0 Å².